The Labute approximate surface area is 259 Å². The third kappa shape index (κ3) is 4.73. The third-order valence-corrected chi connectivity index (χ3v) is 9.94. The van der Waals surface area contributed by atoms with Gasteiger partial charge in [-0.05, 0) is 62.1 Å². The fourth-order valence-electron chi connectivity index (χ4n) is 7.73. The summed E-state index contributed by atoms with van der Waals surface area (Å²) in [5.41, 5.74) is -0.937. The fraction of sp³-hybridized carbons (Fsp3) is 0.457. The fourth-order valence-corrected chi connectivity index (χ4v) is 7.73. The van der Waals surface area contributed by atoms with E-state index in [2.05, 4.69) is 13.2 Å². The Bertz CT molecular complexity index is 1410. The minimum atomic E-state index is -1.26. The lowest BCUT2D eigenvalue weighted by molar-refractivity contribution is -0.149. The number of likely N-dealkylation sites (tertiary alicyclic amines) is 1. The Hall–Kier alpha value is -3.95. The number of carbonyl (C=O) groups is 3. The molecular formula is C35H43N3O6. The summed E-state index contributed by atoms with van der Waals surface area (Å²) in [6, 6.07) is 14.8. The predicted molar refractivity (Wildman–Crippen MR) is 169 cm³/mol. The molecule has 3 fully saturated rings. The molecule has 0 saturated carbocycles. The van der Waals surface area contributed by atoms with Crippen molar-refractivity contribution < 1.29 is 29.0 Å². The minimum absolute atomic E-state index is 0.125. The van der Waals surface area contributed by atoms with Crippen LogP contribution in [-0.4, -0.2) is 77.8 Å². The molecule has 5 rings (SSSR count). The molecule has 2 aromatic carbocycles. The lowest BCUT2D eigenvalue weighted by Crippen LogP contribution is -2.59. The molecule has 0 radical (unpaired) electrons. The van der Waals surface area contributed by atoms with Crippen LogP contribution in [0.4, 0.5) is 11.4 Å². The molecule has 3 heterocycles. The van der Waals surface area contributed by atoms with Crippen LogP contribution >= 0.6 is 0 Å². The number of rotatable bonds is 12. The second-order valence-electron chi connectivity index (χ2n) is 12.2. The monoisotopic (exact) mass is 601 g/mol. The quantitative estimate of drug-likeness (QED) is 0.366. The van der Waals surface area contributed by atoms with Crippen molar-refractivity contribution in [2.75, 3.05) is 36.6 Å². The molecule has 2 bridgehead atoms. The highest BCUT2D eigenvalue weighted by Crippen LogP contribution is 2.66. The lowest BCUT2D eigenvalue weighted by atomic mass is 9.62. The van der Waals surface area contributed by atoms with Crippen LogP contribution in [-0.2, 0) is 19.1 Å². The zero-order valence-electron chi connectivity index (χ0n) is 26.0. The number of fused-ring (bicyclic) bond motifs is 1. The van der Waals surface area contributed by atoms with E-state index >= 15 is 0 Å². The lowest BCUT2D eigenvalue weighted by Gasteiger charge is -2.39. The standard InChI is InChI=1S/C35H43N3O6/c1-7-19-36(25-13-11-10-12-14-25)31(40)28-29-32(41)38(24(9-3)22-39)30(35(29)21-23(4)34(28,5)44-35)33(42)37(20-8-2)26-15-17-27(43-6)18-16-26/h7-8,10-18,23-24,28-30,39H,1-2,9,19-22H2,3-6H3/t23?,24-,28-,29-,30?,34+,35?/m0/s1. The van der Waals surface area contributed by atoms with Gasteiger partial charge in [0.25, 0.3) is 5.91 Å². The maximum atomic E-state index is 14.8. The number of aliphatic hydroxyl groups excluding tert-OH is 1. The van der Waals surface area contributed by atoms with E-state index in [-0.39, 0.29) is 43.3 Å². The van der Waals surface area contributed by atoms with E-state index in [0.29, 0.717) is 30.0 Å². The molecule has 7 atom stereocenters. The molecular weight excluding hydrogens is 558 g/mol. The third-order valence-electron chi connectivity index (χ3n) is 9.94. The predicted octanol–water partition coefficient (Wildman–Crippen LogP) is 4.22. The van der Waals surface area contributed by atoms with E-state index < -0.39 is 35.1 Å². The number of para-hydroxylation sites is 1. The maximum Gasteiger partial charge on any atom is 0.253 e. The molecule has 3 aliphatic rings. The zero-order valence-corrected chi connectivity index (χ0v) is 26.0. The van der Waals surface area contributed by atoms with E-state index in [1.165, 1.54) is 4.90 Å². The van der Waals surface area contributed by atoms with Crippen molar-refractivity contribution in [1.29, 1.82) is 0 Å². The number of hydrogen-bond acceptors (Lipinski definition) is 6. The first kappa shape index (κ1) is 31.5. The van der Waals surface area contributed by atoms with E-state index in [9.17, 15) is 19.5 Å². The van der Waals surface area contributed by atoms with Crippen LogP contribution in [0.1, 0.15) is 33.6 Å². The Kier molecular flexibility index (Phi) is 8.73. The van der Waals surface area contributed by atoms with Gasteiger partial charge < -0.3 is 29.3 Å². The first-order valence-corrected chi connectivity index (χ1v) is 15.3. The number of aliphatic hydroxyl groups is 1. The number of anilines is 2. The summed E-state index contributed by atoms with van der Waals surface area (Å²) >= 11 is 0. The van der Waals surface area contributed by atoms with Crippen molar-refractivity contribution >= 4 is 29.1 Å². The van der Waals surface area contributed by atoms with E-state index in [4.69, 9.17) is 9.47 Å². The van der Waals surface area contributed by atoms with Crippen LogP contribution in [0.25, 0.3) is 0 Å². The van der Waals surface area contributed by atoms with Gasteiger partial charge >= 0.3 is 0 Å². The van der Waals surface area contributed by atoms with Gasteiger partial charge in [-0.3, -0.25) is 14.4 Å². The molecule has 3 amide bonds. The Morgan fingerprint density at radius 3 is 2.20 bits per heavy atom. The number of benzene rings is 2. The molecule has 1 spiro atoms. The number of ether oxygens (including phenoxy) is 2. The summed E-state index contributed by atoms with van der Waals surface area (Å²) in [7, 11) is 1.57. The number of hydrogen-bond donors (Lipinski definition) is 1. The van der Waals surface area contributed by atoms with Crippen LogP contribution in [0.2, 0.25) is 0 Å². The van der Waals surface area contributed by atoms with Crippen molar-refractivity contribution in [3.63, 3.8) is 0 Å². The molecule has 0 aromatic heterocycles. The molecule has 0 aliphatic carbocycles. The second-order valence-corrected chi connectivity index (χ2v) is 12.2. The first-order valence-electron chi connectivity index (χ1n) is 15.3. The number of carbonyl (C=O) groups excluding carboxylic acids is 3. The van der Waals surface area contributed by atoms with Gasteiger partial charge in [0, 0.05) is 24.5 Å². The molecule has 3 unspecified atom stereocenters. The van der Waals surface area contributed by atoms with Crippen LogP contribution in [0.15, 0.2) is 79.9 Å². The smallest absolute Gasteiger partial charge is 0.253 e. The van der Waals surface area contributed by atoms with Gasteiger partial charge in [0.2, 0.25) is 11.8 Å². The zero-order chi connectivity index (χ0) is 31.8. The Morgan fingerprint density at radius 2 is 1.66 bits per heavy atom. The Morgan fingerprint density at radius 1 is 1.07 bits per heavy atom. The second kappa shape index (κ2) is 12.2. The van der Waals surface area contributed by atoms with Gasteiger partial charge in [-0.2, -0.15) is 0 Å². The highest BCUT2D eigenvalue weighted by Gasteiger charge is 2.80. The largest absolute Gasteiger partial charge is 0.497 e. The molecule has 234 valence electrons. The van der Waals surface area contributed by atoms with Crippen molar-refractivity contribution in [2.45, 2.75) is 56.9 Å². The molecule has 44 heavy (non-hydrogen) atoms. The number of methoxy groups -OCH3 is 1. The van der Waals surface area contributed by atoms with Crippen LogP contribution in [0, 0.1) is 17.8 Å². The maximum absolute atomic E-state index is 14.8. The van der Waals surface area contributed by atoms with Crippen molar-refractivity contribution in [1.82, 2.24) is 4.90 Å². The summed E-state index contributed by atoms with van der Waals surface area (Å²) < 4.78 is 12.3. The summed E-state index contributed by atoms with van der Waals surface area (Å²) in [4.78, 5) is 48.9. The molecule has 9 heteroatoms. The van der Waals surface area contributed by atoms with Gasteiger partial charge in [0.1, 0.15) is 17.4 Å². The van der Waals surface area contributed by atoms with Crippen molar-refractivity contribution in [3.05, 3.63) is 79.9 Å². The highest BCUT2D eigenvalue weighted by molar-refractivity contribution is 6.07. The van der Waals surface area contributed by atoms with Crippen molar-refractivity contribution in [3.8, 4) is 5.75 Å². The molecule has 9 nitrogen and oxygen atoms in total. The normalized spacial score (nSPS) is 29.2. The van der Waals surface area contributed by atoms with Gasteiger partial charge in [-0.25, -0.2) is 0 Å². The SMILES string of the molecule is C=CCN(C(=O)C1N([C@@H](CC)CO)C(=O)[C@@H]2[C@@H](C(=O)N(CC=C)c3ccccc3)[C@]3(C)OC12CC3C)c1ccc(OC)cc1. The van der Waals surface area contributed by atoms with E-state index in [1.807, 2.05) is 51.1 Å². The van der Waals surface area contributed by atoms with Gasteiger partial charge in [0.05, 0.1) is 37.2 Å². The number of amides is 3. The minimum Gasteiger partial charge on any atom is -0.497 e. The van der Waals surface area contributed by atoms with Crippen molar-refractivity contribution in [2.24, 2.45) is 17.8 Å². The first-order chi connectivity index (χ1) is 21.1. The highest BCUT2D eigenvalue weighted by atomic mass is 16.5. The Balaban J connectivity index is 1.64. The van der Waals surface area contributed by atoms with Gasteiger partial charge in [-0.1, -0.05) is 44.2 Å². The van der Waals surface area contributed by atoms with Gasteiger partial charge in [0.15, 0.2) is 0 Å². The average Bonchev–Trinajstić information content (AvgIpc) is 3.55. The van der Waals surface area contributed by atoms with Crippen LogP contribution in [0.5, 0.6) is 5.75 Å². The van der Waals surface area contributed by atoms with E-state index in [1.54, 1.807) is 53.3 Å². The summed E-state index contributed by atoms with van der Waals surface area (Å²) in [5, 5.41) is 10.5. The molecule has 2 aromatic rings. The van der Waals surface area contributed by atoms with Crippen LogP contribution in [0.3, 0.4) is 0 Å². The summed E-state index contributed by atoms with van der Waals surface area (Å²) in [6.07, 6.45) is 4.15. The van der Waals surface area contributed by atoms with Crippen LogP contribution < -0.4 is 14.5 Å². The summed E-state index contributed by atoms with van der Waals surface area (Å²) in [6.45, 7) is 13.7. The molecule has 1 N–H and O–H groups in total. The summed E-state index contributed by atoms with van der Waals surface area (Å²) in [5.74, 6) is -2.14. The average molecular weight is 602 g/mol. The topological polar surface area (TPSA) is 99.6 Å². The van der Waals surface area contributed by atoms with E-state index in [0.717, 1.165) is 0 Å². The van der Waals surface area contributed by atoms with Gasteiger partial charge in [-0.15, -0.1) is 13.2 Å². The number of nitrogens with zero attached hydrogens (tertiary/aromatic N) is 3. The molecule has 3 aliphatic heterocycles. The molecule has 3 saturated heterocycles.